The van der Waals surface area contributed by atoms with Gasteiger partial charge in [0.2, 0.25) is 10.0 Å². The monoisotopic (exact) mass is 282 g/mol. The molecule has 1 fully saturated rings. The first kappa shape index (κ1) is 13.9. The highest BCUT2D eigenvalue weighted by molar-refractivity contribution is 7.92. The van der Waals surface area contributed by atoms with Crippen LogP contribution < -0.4 is 9.62 Å². The van der Waals surface area contributed by atoms with Crippen molar-refractivity contribution in [1.82, 2.24) is 5.32 Å². The second-order valence-corrected chi connectivity index (χ2v) is 6.69. The minimum absolute atomic E-state index is 0.177. The average molecular weight is 282 g/mol. The van der Waals surface area contributed by atoms with Gasteiger partial charge in [0, 0.05) is 19.2 Å². The third kappa shape index (κ3) is 2.73. The number of anilines is 1. The maximum Gasteiger partial charge on any atom is 0.251 e. The predicted octanol–water partition coefficient (Wildman–Crippen LogP) is 1.28. The van der Waals surface area contributed by atoms with Crippen LogP contribution >= 0.6 is 0 Å². The fraction of sp³-hybridized carbons (Fsp3) is 0.462. The summed E-state index contributed by atoms with van der Waals surface area (Å²) in [6.07, 6.45) is 1.55. The highest BCUT2D eigenvalue weighted by atomic mass is 32.2. The first-order valence-corrected chi connectivity index (χ1v) is 7.90. The molecule has 0 saturated carbocycles. The molecule has 2 rings (SSSR count). The van der Waals surface area contributed by atoms with Gasteiger partial charge in [-0.1, -0.05) is 6.07 Å². The van der Waals surface area contributed by atoms with E-state index in [1.165, 1.54) is 4.31 Å². The molecule has 1 heterocycles. The van der Waals surface area contributed by atoms with Gasteiger partial charge in [-0.25, -0.2) is 8.42 Å². The molecular weight excluding hydrogens is 264 g/mol. The third-order valence-corrected chi connectivity index (χ3v) is 5.17. The predicted molar refractivity (Wildman–Crippen MR) is 74.9 cm³/mol. The Balaban J connectivity index is 2.46. The SMILES string of the molecule is CNC(=O)c1ccc(C)c(N2CCCCS2(=O)=O)c1. The van der Waals surface area contributed by atoms with E-state index < -0.39 is 10.0 Å². The Kier molecular flexibility index (Phi) is 3.80. The van der Waals surface area contributed by atoms with E-state index in [1.807, 2.05) is 6.92 Å². The van der Waals surface area contributed by atoms with Gasteiger partial charge in [0.25, 0.3) is 5.91 Å². The quantitative estimate of drug-likeness (QED) is 0.888. The molecule has 1 aliphatic heterocycles. The Morgan fingerprint density at radius 2 is 2.05 bits per heavy atom. The van der Waals surface area contributed by atoms with Gasteiger partial charge in [0.15, 0.2) is 0 Å². The molecule has 1 N–H and O–H groups in total. The van der Waals surface area contributed by atoms with E-state index in [4.69, 9.17) is 0 Å². The Morgan fingerprint density at radius 3 is 2.68 bits per heavy atom. The molecule has 1 aliphatic rings. The number of benzene rings is 1. The van der Waals surface area contributed by atoms with Crippen molar-refractivity contribution in [3.8, 4) is 0 Å². The molecule has 5 nitrogen and oxygen atoms in total. The zero-order chi connectivity index (χ0) is 14.0. The van der Waals surface area contributed by atoms with Crippen molar-refractivity contribution in [3.63, 3.8) is 0 Å². The van der Waals surface area contributed by atoms with E-state index in [1.54, 1.807) is 25.2 Å². The second kappa shape index (κ2) is 5.21. The number of carbonyl (C=O) groups excluding carboxylic acids is 1. The molecular formula is C13H18N2O3S. The van der Waals surface area contributed by atoms with Crippen LogP contribution in [0.1, 0.15) is 28.8 Å². The van der Waals surface area contributed by atoms with Gasteiger partial charge in [-0.15, -0.1) is 0 Å². The van der Waals surface area contributed by atoms with Crippen molar-refractivity contribution < 1.29 is 13.2 Å². The average Bonchev–Trinajstić information content (AvgIpc) is 2.38. The van der Waals surface area contributed by atoms with Gasteiger partial charge < -0.3 is 5.32 Å². The van der Waals surface area contributed by atoms with Crippen LogP contribution in [-0.4, -0.2) is 33.7 Å². The minimum atomic E-state index is -3.25. The van der Waals surface area contributed by atoms with Crippen molar-refractivity contribution >= 4 is 21.6 Å². The molecule has 1 amide bonds. The van der Waals surface area contributed by atoms with Crippen molar-refractivity contribution in [2.24, 2.45) is 0 Å². The lowest BCUT2D eigenvalue weighted by Gasteiger charge is -2.29. The van der Waals surface area contributed by atoms with Gasteiger partial charge in [0.1, 0.15) is 0 Å². The van der Waals surface area contributed by atoms with E-state index >= 15 is 0 Å². The van der Waals surface area contributed by atoms with Crippen LogP contribution in [0.4, 0.5) is 5.69 Å². The highest BCUT2D eigenvalue weighted by Crippen LogP contribution is 2.27. The van der Waals surface area contributed by atoms with Crippen LogP contribution in [0.3, 0.4) is 0 Å². The van der Waals surface area contributed by atoms with Crippen LogP contribution in [0.5, 0.6) is 0 Å². The lowest BCUT2D eigenvalue weighted by Crippen LogP contribution is -2.38. The van der Waals surface area contributed by atoms with Crippen LogP contribution in [0.2, 0.25) is 0 Å². The highest BCUT2D eigenvalue weighted by Gasteiger charge is 2.27. The number of nitrogens with zero attached hydrogens (tertiary/aromatic N) is 1. The molecule has 0 bridgehead atoms. The number of amides is 1. The van der Waals surface area contributed by atoms with Crippen molar-refractivity contribution in [2.75, 3.05) is 23.7 Å². The van der Waals surface area contributed by atoms with Gasteiger partial charge in [-0.2, -0.15) is 0 Å². The van der Waals surface area contributed by atoms with E-state index in [9.17, 15) is 13.2 Å². The molecule has 0 aliphatic carbocycles. The molecule has 19 heavy (non-hydrogen) atoms. The van der Waals surface area contributed by atoms with Gasteiger partial charge in [-0.3, -0.25) is 9.10 Å². The summed E-state index contributed by atoms with van der Waals surface area (Å²) < 4.78 is 25.6. The third-order valence-electron chi connectivity index (χ3n) is 3.32. The fourth-order valence-electron chi connectivity index (χ4n) is 2.22. The molecule has 0 aromatic heterocycles. The van der Waals surface area contributed by atoms with Crippen molar-refractivity contribution in [1.29, 1.82) is 0 Å². The number of aryl methyl sites for hydroxylation is 1. The summed E-state index contributed by atoms with van der Waals surface area (Å²) in [5, 5.41) is 2.54. The van der Waals surface area contributed by atoms with E-state index in [0.717, 1.165) is 12.0 Å². The molecule has 1 aromatic carbocycles. The maximum atomic E-state index is 12.1. The van der Waals surface area contributed by atoms with Gasteiger partial charge in [-0.05, 0) is 37.5 Å². The summed E-state index contributed by atoms with van der Waals surface area (Å²) in [7, 11) is -1.69. The van der Waals surface area contributed by atoms with Crippen LogP contribution in [0.25, 0.3) is 0 Å². The first-order valence-electron chi connectivity index (χ1n) is 6.29. The van der Waals surface area contributed by atoms with Gasteiger partial charge in [0.05, 0.1) is 11.4 Å². The normalized spacial score (nSPS) is 18.1. The number of carbonyl (C=O) groups is 1. The summed E-state index contributed by atoms with van der Waals surface area (Å²) in [6.45, 7) is 2.34. The molecule has 104 valence electrons. The Labute approximate surface area is 113 Å². The Bertz CT molecular complexity index is 596. The van der Waals surface area contributed by atoms with Gasteiger partial charge >= 0.3 is 0 Å². The Hall–Kier alpha value is -1.56. The summed E-state index contributed by atoms with van der Waals surface area (Å²) in [5.74, 6) is -0.0351. The molecule has 0 unspecified atom stereocenters. The standard InChI is InChI=1S/C13H18N2O3S/c1-10-5-6-11(13(16)14-2)9-12(10)15-7-3-4-8-19(15,17)18/h5-6,9H,3-4,7-8H2,1-2H3,(H,14,16). The molecule has 6 heteroatoms. The number of hydrogen-bond acceptors (Lipinski definition) is 3. The topological polar surface area (TPSA) is 66.5 Å². The van der Waals surface area contributed by atoms with Crippen LogP contribution in [0.15, 0.2) is 18.2 Å². The summed E-state index contributed by atoms with van der Waals surface area (Å²) >= 11 is 0. The zero-order valence-electron chi connectivity index (χ0n) is 11.1. The number of hydrogen-bond donors (Lipinski definition) is 1. The lowest BCUT2D eigenvalue weighted by atomic mass is 10.1. The summed E-state index contributed by atoms with van der Waals surface area (Å²) in [6, 6.07) is 5.13. The van der Waals surface area contributed by atoms with E-state index in [-0.39, 0.29) is 11.7 Å². The lowest BCUT2D eigenvalue weighted by molar-refractivity contribution is 0.0963. The van der Waals surface area contributed by atoms with Crippen LogP contribution in [-0.2, 0) is 10.0 Å². The number of rotatable bonds is 2. The number of nitrogens with one attached hydrogen (secondary N) is 1. The first-order chi connectivity index (χ1) is 8.95. The van der Waals surface area contributed by atoms with Crippen LogP contribution in [0, 0.1) is 6.92 Å². The summed E-state index contributed by atoms with van der Waals surface area (Å²) in [5.41, 5.74) is 1.95. The van der Waals surface area contributed by atoms with Crippen molar-refractivity contribution in [3.05, 3.63) is 29.3 Å². The molecule has 0 atom stereocenters. The molecule has 1 aromatic rings. The second-order valence-electron chi connectivity index (χ2n) is 4.68. The van der Waals surface area contributed by atoms with E-state index in [0.29, 0.717) is 24.2 Å². The largest absolute Gasteiger partial charge is 0.355 e. The maximum absolute atomic E-state index is 12.1. The van der Waals surface area contributed by atoms with E-state index in [2.05, 4.69) is 5.32 Å². The molecule has 0 radical (unpaired) electrons. The minimum Gasteiger partial charge on any atom is -0.355 e. The Morgan fingerprint density at radius 1 is 1.32 bits per heavy atom. The molecule has 1 saturated heterocycles. The molecule has 0 spiro atoms. The smallest absolute Gasteiger partial charge is 0.251 e. The zero-order valence-corrected chi connectivity index (χ0v) is 12.0. The fourth-order valence-corrected chi connectivity index (χ4v) is 3.92. The number of sulfonamides is 1. The summed E-state index contributed by atoms with van der Waals surface area (Å²) in [4.78, 5) is 11.6. The van der Waals surface area contributed by atoms with Crippen molar-refractivity contribution in [2.45, 2.75) is 19.8 Å².